The molecule has 2 fully saturated rings. The van der Waals surface area contributed by atoms with Crippen LogP contribution in [0, 0.1) is 18.8 Å². The van der Waals surface area contributed by atoms with Gasteiger partial charge in [0.05, 0.1) is 6.04 Å². The lowest BCUT2D eigenvalue weighted by Crippen LogP contribution is -2.33. The minimum absolute atomic E-state index is 0.536. The zero-order chi connectivity index (χ0) is 11.1. The number of aryl methyl sites for hydroxylation is 1. The summed E-state index contributed by atoms with van der Waals surface area (Å²) in [4.78, 5) is 4.66. The Balaban J connectivity index is 1.70. The van der Waals surface area contributed by atoms with Crippen LogP contribution in [0.4, 0.5) is 0 Å². The van der Waals surface area contributed by atoms with Crippen LogP contribution in [0.5, 0.6) is 0 Å². The van der Waals surface area contributed by atoms with Crippen molar-refractivity contribution in [2.24, 2.45) is 11.8 Å². The van der Waals surface area contributed by atoms with Crippen molar-refractivity contribution in [2.45, 2.75) is 51.6 Å². The maximum atomic E-state index is 4.66. The highest BCUT2D eigenvalue weighted by Crippen LogP contribution is 2.43. The molecule has 0 spiro atoms. The van der Waals surface area contributed by atoms with Crippen molar-refractivity contribution in [1.29, 1.82) is 0 Å². The van der Waals surface area contributed by atoms with Gasteiger partial charge in [-0.25, -0.2) is 4.98 Å². The summed E-state index contributed by atoms with van der Waals surface area (Å²) in [6, 6.07) is 1.21. The molecule has 2 nitrogen and oxygen atoms in total. The van der Waals surface area contributed by atoms with E-state index in [0.29, 0.717) is 12.1 Å². The maximum Gasteiger partial charge on any atom is 0.110 e. The zero-order valence-electron chi connectivity index (χ0n) is 10.1. The fraction of sp³-hybridized carbons (Fsp3) is 0.769. The van der Waals surface area contributed by atoms with Gasteiger partial charge in [0.1, 0.15) is 5.01 Å². The minimum atomic E-state index is 0.536. The van der Waals surface area contributed by atoms with Crippen LogP contribution in [0.3, 0.4) is 0 Å². The Kier molecular flexibility index (Phi) is 2.76. The first kappa shape index (κ1) is 10.7. The molecular weight excluding hydrogens is 216 g/mol. The predicted molar refractivity (Wildman–Crippen MR) is 67.6 cm³/mol. The fourth-order valence-corrected chi connectivity index (χ4v) is 3.32. The van der Waals surface area contributed by atoms with Gasteiger partial charge in [0.15, 0.2) is 0 Å². The van der Waals surface area contributed by atoms with Crippen LogP contribution in [0.2, 0.25) is 0 Å². The van der Waals surface area contributed by atoms with Gasteiger partial charge in [-0.05, 0) is 51.4 Å². The van der Waals surface area contributed by atoms with Gasteiger partial charge in [0, 0.05) is 17.1 Å². The third kappa shape index (κ3) is 2.30. The van der Waals surface area contributed by atoms with Crippen molar-refractivity contribution in [3.05, 3.63) is 16.1 Å². The number of rotatable bonds is 5. The van der Waals surface area contributed by atoms with Crippen LogP contribution in [0.1, 0.15) is 49.4 Å². The van der Waals surface area contributed by atoms with Gasteiger partial charge < -0.3 is 5.32 Å². The SMILES string of the molecule is Cc1csc([C@@H](N[C@@H](C)C2CC2)C2CC2)n1. The summed E-state index contributed by atoms with van der Waals surface area (Å²) in [5.74, 6) is 1.79. The molecule has 16 heavy (non-hydrogen) atoms. The van der Waals surface area contributed by atoms with Crippen LogP contribution in [0.25, 0.3) is 0 Å². The van der Waals surface area contributed by atoms with Gasteiger partial charge in [-0.2, -0.15) is 0 Å². The second-order valence-corrected chi connectivity index (χ2v) is 6.32. The lowest BCUT2D eigenvalue weighted by atomic mass is 10.1. The molecule has 1 heterocycles. The first-order valence-electron chi connectivity index (χ1n) is 6.42. The lowest BCUT2D eigenvalue weighted by Gasteiger charge is -2.21. The molecule has 0 unspecified atom stereocenters. The van der Waals surface area contributed by atoms with E-state index in [0.717, 1.165) is 11.8 Å². The largest absolute Gasteiger partial charge is 0.305 e. The number of nitrogens with zero attached hydrogens (tertiary/aromatic N) is 1. The minimum Gasteiger partial charge on any atom is -0.305 e. The normalized spacial score (nSPS) is 24.4. The third-order valence-electron chi connectivity index (χ3n) is 3.77. The van der Waals surface area contributed by atoms with E-state index in [1.807, 2.05) is 11.3 Å². The van der Waals surface area contributed by atoms with Crippen molar-refractivity contribution in [2.75, 3.05) is 0 Å². The van der Waals surface area contributed by atoms with Crippen LogP contribution in [0.15, 0.2) is 5.38 Å². The number of nitrogens with one attached hydrogen (secondary N) is 1. The summed E-state index contributed by atoms with van der Waals surface area (Å²) >= 11 is 1.83. The van der Waals surface area contributed by atoms with Gasteiger partial charge in [-0.3, -0.25) is 0 Å². The van der Waals surface area contributed by atoms with Crippen LogP contribution >= 0.6 is 11.3 Å². The smallest absolute Gasteiger partial charge is 0.110 e. The summed E-state index contributed by atoms with van der Waals surface area (Å²) < 4.78 is 0. The third-order valence-corrected chi connectivity index (χ3v) is 4.81. The molecule has 1 aromatic heterocycles. The molecule has 3 heteroatoms. The Bertz CT molecular complexity index is 366. The monoisotopic (exact) mass is 236 g/mol. The summed E-state index contributed by atoms with van der Waals surface area (Å²) in [6.07, 6.45) is 5.60. The number of aromatic nitrogens is 1. The molecule has 88 valence electrons. The van der Waals surface area contributed by atoms with Crippen molar-refractivity contribution >= 4 is 11.3 Å². The van der Waals surface area contributed by atoms with E-state index < -0.39 is 0 Å². The predicted octanol–water partition coefficient (Wildman–Crippen LogP) is 3.29. The van der Waals surface area contributed by atoms with Gasteiger partial charge in [-0.15, -0.1) is 11.3 Å². The van der Waals surface area contributed by atoms with Crippen molar-refractivity contribution in [3.8, 4) is 0 Å². The summed E-state index contributed by atoms with van der Waals surface area (Å²) in [6.45, 7) is 4.43. The molecular formula is C13H20N2S. The molecule has 3 rings (SSSR count). The average Bonchev–Trinajstić information content (AvgIpc) is 3.13. The highest BCUT2D eigenvalue weighted by Gasteiger charge is 2.37. The molecule has 2 saturated carbocycles. The summed E-state index contributed by atoms with van der Waals surface area (Å²) in [7, 11) is 0. The van der Waals surface area contributed by atoms with E-state index in [1.165, 1.54) is 36.4 Å². The van der Waals surface area contributed by atoms with E-state index in [4.69, 9.17) is 0 Å². The van der Waals surface area contributed by atoms with Crippen molar-refractivity contribution in [1.82, 2.24) is 10.3 Å². The molecule has 0 aliphatic heterocycles. The van der Waals surface area contributed by atoms with Gasteiger partial charge >= 0.3 is 0 Å². The number of thiazole rings is 1. The second-order valence-electron chi connectivity index (χ2n) is 5.43. The Labute approximate surface area is 101 Å². The molecule has 0 amide bonds. The van der Waals surface area contributed by atoms with Crippen LogP contribution in [-0.2, 0) is 0 Å². The fourth-order valence-electron chi connectivity index (χ4n) is 2.37. The van der Waals surface area contributed by atoms with Gasteiger partial charge in [0.25, 0.3) is 0 Å². The van der Waals surface area contributed by atoms with E-state index in [9.17, 15) is 0 Å². The molecule has 0 radical (unpaired) electrons. The zero-order valence-corrected chi connectivity index (χ0v) is 10.9. The number of hydrogen-bond donors (Lipinski definition) is 1. The number of hydrogen-bond acceptors (Lipinski definition) is 3. The van der Waals surface area contributed by atoms with Gasteiger partial charge in [-0.1, -0.05) is 0 Å². The highest BCUT2D eigenvalue weighted by atomic mass is 32.1. The van der Waals surface area contributed by atoms with Gasteiger partial charge in [0.2, 0.25) is 0 Å². The average molecular weight is 236 g/mol. The Morgan fingerprint density at radius 2 is 2.00 bits per heavy atom. The first-order valence-corrected chi connectivity index (χ1v) is 7.30. The molecule has 2 aliphatic carbocycles. The lowest BCUT2D eigenvalue weighted by molar-refractivity contribution is 0.391. The first-order chi connectivity index (χ1) is 7.74. The Morgan fingerprint density at radius 3 is 2.50 bits per heavy atom. The molecule has 2 atom stereocenters. The van der Waals surface area contributed by atoms with E-state index in [2.05, 4.69) is 29.5 Å². The summed E-state index contributed by atoms with van der Waals surface area (Å²) in [5.41, 5.74) is 1.17. The molecule has 0 aromatic carbocycles. The van der Waals surface area contributed by atoms with Crippen molar-refractivity contribution < 1.29 is 0 Å². The van der Waals surface area contributed by atoms with E-state index >= 15 is 0 Å². The van der Waals surface area contributed by atoms with Crippen LogP contribution in [-0.4, -0.2) is 11.0 Å². The topological polar surface area (TPSA) is 24.9 Å². The molecule has 1 aromatic rings. The quantitative estimate of drug-likeness (QED) is 0.848. The summed E-state index contributed by atoms with van der Waals surface area (Å²) in [5, 5.41) is 7.31. The molecule has 0 saturated heterocycles. The Morgan fingerprint density at radius 1 is 1.31 bits per heavy atom. The van der Waals surface area contributed by atoms with E-state index in [-0.39, 0.29) is 0 Å². The van der Waals surface area contributed by atoms with Crippen LogP contribution < -0.4 is 5.32 Å². The van der Waals surface area contributed by atoms with E-state index in [1.54, 1.807) is 0 Å². The molecule has 1 N–H and O–H groups in total. The molecule has 2 aliphatic rings. The molecule has 0 bridgehead atoms. The Hall–Kier alpha value is -0.410. The maximum absolute atomic E-state index is 4.66. The second kappa shape index (κ2) is 4.11. The van der Waals surface area contributed by atoms with Crippen molar-refractivity contribution in [3.63, 3.8) is 0 Å². The standard InChI is InChI=1S/C13H20N2S/c1-8-7-16-13(14-8)12(11-5-6-11)15-9(2)10-3-4-10/h7,9-12,15H,3-6H2,1-2H3/t9-,12-/m0/s1. The highest BCUT2D eigenvalue weighted by molar-refractivity contribution is 7.09.